The van der Waals surface area contributed by atoms with Crippen molar-refractivity contribution in [3.8, 4) is 0 Å². The van der Waals surface area contributed by atoms with E-state index in [0.717, 1.165) is 23.7 Å². The van der Waals surface area contributed by atoms with Gasteiger partial charge in [-0.2, -0.15) is 8.42 Å². The van der Waals surface area contributed by atoms with Crippen molar-refractivity contribution in [2.24, 2.45) is 0 Å². The van der Waals surface area contributed by atoms with Gasteiger partial charge in [-0.25, -0.2) is 9.52 Å². The van der Waals surface area contributed by atoms with Gasteiger partial charge in [0.25, 0.3) is 0 Å². The smallest absolute Gasteiger partial charge is 0.422 e. The van der Waals surface area contributed by atoms with Gasteiger partial charge >= 0.3 is 16.3 Å². The van der Waals surface area contributed by atoms with E-state index in [1.165, 1.54) is 0 Å². The first-order valence-electron chi connectivity index (χ1n) is 6.09. The van der Waals surface area contributed by atoms with Gasteiger partial charge in [-0.15, -0.1) is 0 Å². The van der Waals surface area contributed by atoms with Crippen LogP contribution in [0.2, 0.25) is 0 Å². The fourth-order valence-corrected chi connectivity index (χ4v) is 2.56. The van der Waals surface area contributed by atoms with Crippen LogP contribution in [0.15, 0.2) is 24.3 Å². The maximum atomic E-state index is 11.7. The lowest BCUT2D eigenvalue weighted by Crippen LogP contribution is -2.35. The Labute approximate surface area is 127 Å². The number of rotatable bonds is 7. The van der Waals surface area contributed by atoms with Gasteiger partial charge in [0, 0.05) is 5.33 Å². The molecular formula is C12H17BrN2O4S. The molecule has 0 bridgehead atoms. The van der Waals surface area contributed by atoms with Crippen LogP contribution in [0, 0.1) is 0 Å². The van der Waals surface area contributed by atoms with Crippen LogP contribution < -0.4 is 9.44 Å². The molecule has 0 atom stereocenters. The maximum Gasteiger partial charge on any atom is 0.422 e. The van der Waals surface area contributed by atoms with E-state index in [1.54, 1.807) is 29.8 Å². The lowest BCUT2D eigenvalue weighted by Gasteiger charge is -2.10. The summed E-state index contributed by atoms with van der Waals surface area (Å²) in [5, 5.41) is 0.882. The summed E-state index contributed by atoms with van der Waals surface area (Å²) >= 11 is 3.34. The number of carbonyl (C=O) groups excluding carboxylic acids is 1. The summed E-state index contributed by atoms with van der Waals surface area (Å²) in [6.07, 6.45) is 0.791. The van der Waals surface area contributed by atoms with Gasteiger partial charge in [0.2, 0.25) is 0 Å². The van der Waals surface area contributed by atoms with Crippen molar-refractivity contribution >= 4 is 37.9 Å². The van der Waals surface area contributed by atoms with Crippen LogP contribution in [-0.4, -0.2) is 26.4 Å². The summed E-state index contributed by atoms with van der Waals surface area (Å²) in [5.74, 6) is 0. The Kier molecular flexibility index (Phi) is 6.80. The van der Waals surface area contributed by atoms with Gasteiger partial charge in [-0.05, 0) is 37.5 Å². The highest BCUT2D eigenvalue weighted by atomic mass is 79.9. The van der Waals surface area contributed by atoms with E-state index in [-0.39, 0.29) is 6.61 Å². The molecule has 0 radical (unpaired) electrons. The van der Waals surface area contributed by atoms with Crippen molar-refractivity contribution in [2.75, 3.05) is 16.7 Å². The fourth-order valence-electron chi connectivity index (χ4n) is 1.51. The normalized spacial score (nSPS) is 10.9. The zero-order chi connectivity index (χ0) is 15.0. The van der Waals surface area contributed by atoms with Crippen LogP contribution >= 0.6 is 15.9 Å². The predicted molar refractivity (Wildman–Crippen MR) is 81.3 cm³/mol. The minimum atomic E-state index is -3.98. The van der Waals surface area contributed by atoms with Crippen molar-refractivity contribution in [3.63, 3.8) is 0 Å². The van der Waals surface area contributed by atoms with E-state index >= 15 is 0 Å². The summed E-state index contributed by atoms with van der Waals surface area (Å²) in [4.78, 5) is 11.1. The second-order valence-electron chi connectivity index (χ2n) is 3.92. The molecule has 112 valence electrons. The van der Waals surface area contributed by atoms with Crippen LogP contribution in [-0.2, 0) is 21.4 Å². The summed E-state index contributed by atoms with van der Waals surface area (Å²) in [7, 11) is -3.98. The number of ether oxygens (including phenoxy) is 1. The molecule has 1 rings (SSSR count). The molecule has 1 aromatic rings. The Bertz CT molecular complexity index is 548. The second kappa shape index (κ2) is 8.11. The number of aryl methyl sites for hydroxylation is 1. The minimum Gasteiger partial charge on any atom is -0.449 e. The molecule has 0 spiro atoms. The SMILES string of the molecule is CCOC(=O)NS(=O)(=O)Nc1cccc(CCCBr)c1. The summed E-state index contributed by atoms with van der Waals surface area (Å²) < 4.78 is 31.9. The summed E-state index contributed by atoms with van der Waals surface area (Å²) in [6, 6.07) is 7.01. The van der Waals surface area contributed by atoms with E-state index in [4.69, 9.17) is 0 Å². The Morgan fingerprint density at radius 1 is 1.40 bits per heavy atom. The standard InChI is InChI=1S/C12H17BrN2O4S/c1-2-19-12(16)15-20(17,18)14-11-7-3-5-10(9-11)6-4-8-13/h3,5,7,9,14H,2,4,6,8H2,1H3,(H,15,16). The van der Waals surface area contributed by atoms with Crippen LogP contribution in [0.4, 0.5) is 10.5 Å². The predicted octanol–water partition coefficient (Wildman–Crippen LogP) is 2.42. The first-order chi connectivity index (χ1) is 9.46. The lowest BCUT2D eigenvalue weighted by atomic mass is 10.1. The molecule has 0 aliphatic rings. The Morgan fingerprint density at radius 2 is 2.15 bits per heavy atom. The van der Waals surface area contributed by atoms with Crippen molar-refractivity contribution in [1.29, 1.82) is 0 Å². The average Bonchev–Trinajstić information content (AvgIpc) is 2.35. The zero-order valence-electron chi connectivity index (χ0n) is 11.1. The highest BCUT2D eigenvalue weighted by Crippen LogP contribution is 2.13. The number of anilines is 1. The summed E-state index contributed by atoms with van der Waals surface area (Å²) in [5.41, 5.74) is 1.41. The van der Waals surface area contributed by atoms with E-state index in [0.29, 0.717) is 5.69 Å². The van der Waals surface area contributed by atoms with Gasteiger partial charge in [-0.3, -0.25) is 4.72 Å². The molecule has 1 amide bonds. The number of hydrogen-bond acceptors (Lipinski definition) is 4. The Morgan fingerprint density at radius 3 is 2.80 bits per heavy atom. The highest BCUT2D eigenvalue weighted by molar-refractivity contribution is 9.09. The molecule has 0 heterocycles. The van der Waals surface area contributed by atoms with Crippen molar-refractivity contribution in [3.05, 3.63) is 29.8 Å². The topological polar surface area (TPSA) is 84.5 Å². The second-order valence-corrected chi connectivity index (χ2v) is 6.13. The van der Waals surface area contributed by atoms with Crippen molar-refractivity contribution in [2.45, 2.75) is 19.8 Å². The van der Waals surface area contributed by atoms with Crippen LogP contribution in [0.1, 0.15) is 18.9 Å². The minimum absolute atomic E-state index is 0.101. The Hall–Kier alpha value is -1.28. The van der Waals surface area contributed by atoms with Gasteiger partial charge in [0.05, 0.1) is 12.3 Å². The molecule has 0 saturated heterocycles. The third-order valence-corrected chi connectivity index (χ3v) is 3.77. The molecule has 8 heteroatoms. The third-order valence-electron chi connectivity index (χ3n) is 2.27. The largest absolute Gasteiger partial charge is 0.449 e. The zero-order valence-corrected chi connectivity index (χ0v) is 13.5. The molecule has 6 nitrogen and oxygen atoms in total. The molecule has 0 aliphatic carbocycles. The van der Waals surface area contributed by atoms with Crippen molar-refractivity contribution < 1.29 is 17.9 Å². The molecule has 20 heavy (non-hydrogen) atoms. The number of carbonyl (C=O) groups is 1. The van der Waals surface area contributed by atoms with Crippen molar-refractivity contribution in [1.82, 2.24) is 4.72 Å². The molecule has 2 N–H and O–H groups in total. The van der Waals surface area contributed by atoms with Gasteiger partial charge in [0.1, 0.15) is 0 Å². The summed E-state index contributed by atoms with van der Waals surface area (Å²) in [6.45, 7) is 1.69. The number of benzene rings is 1. The first kappa shape index (κ1) is 16.8. The Balaban J connectivity index is 2.69. The van der Waals surface area contributed by atoms with Crippen LogP contribution in [0.5, 0.6) is 0 Å². The number of nitrogens with one attached hydrogen (secondary N) is 2. The van der Waals surface area contributed by atoms with E-state index in [9.17, 15) is 13.2 Å². The molecule has 0 saturated carbocycles. The number of alkyl halides is 1. The number of hydrogen-bond donors (Lipinski definition) is 2. The highest BCUT2D eigenvalue weighted by Gasteiger charge is 2.14. The van der Waals surface area contributed by atoms with E-state index < -0.39 is 16.3 Å². The fraction of sp³-hybridized carbons (Fsp3) is 0.417. The monoisotopic (exact) mass is 364 g/mol. The number of amides is 1. The molecule has 0 unspecified atom stereocenters. The lowest BCUT2D eigenvalue weighted by molar-refractivity contribution is 0.159. The molecule has 1 aromatic carbocycles. The first-order valence-corrected chi connectivity index (χ1v) is 8.69. The van der Waals surface area contributed by atoms with Crippen LogP contribution in [0.3, 0.4) is 0 Å². The van der Waals surface area contributed by atoms with E-state index in [2.05, 4.69) is 25.4 Å². The molecule has 0 aliphatic heterocycles. The molecule has 0 fully saturated rings. The average molecular weight is 365 g/mol. The molecule has 0 aromatic heterocycles. The quantitative estimate of drug-likeness (QED) is 0.727. The van der Waals surface area contributed by atoms with Gasteiger partial charge in [-0.1, -0.05) is 28.1 Å². The van der Waals surface area contributed by atoms with Gasteiger partial charge < -0.3 is 4.74 Å². The third kappa shape index (κ3) is 6.25. The van der Waals surface area contributed by atoms with Gasteiger partial charge in [0.15, 0.2) is 0 Å². The van der Waals surface area contributed by atoms with E-state index in [1.807, 2.05) is 6.07 Å². The number of halogens is 1. The van der Waals surface area contributed by atoms with Crippen LogP contribution in [0.25, 0.3) is 0 Å². The maximum absolute atomic E-state index is 11.7. The molecular weight excluding hydrogens is 348 g/mol.